The summed E-state index contributed by atoms with van der Waals surface area (Å²) in [7, 11) is 0. The molecule has 0 fully saturated rings. The second-order valence-corrected chi connectivity index (χ2v) is 4.49. The molecule has 0 saturated carbocycles. The summed E-state index contributed by atoms with van der Waals surface area (Å²) < 4.78 is 0. The van der Waals surface area contributed by atoms with Gasteiger partial charge in [-0.3, -0.25) is 0 Å². The van der Waals surface area contributed by atoms with Gasteiger partial charge in [-0.2, -0.15) is 0 Å². The molecule has 0 amide bonds. The Labute approximate surface area is 91.5 Å². The smallest absolute Gasteiger partial charge is 0.0348 e. The maximum Gasteiger partial charge on any atom is 0.0348 e. The highest BCUT2D eigenvalue weighted by Crippen LogP contribution is 2.21. The number of halogens is 1. The molecule has 0 saturated heterocycles. The van der Waals surface area contributed by atoms with Crippen molar-refractivity contribution < 1.29 is 0 Å². The highest BCUT2D eigenvalue weighted by atomic mass is 35.5. The van der Waals surface area contributed by atoms with Crippen molar-refractivity contribution in [2.24, 2.45) is 0 Å². The molecule has 2 heteroatoms. The fraction of sp³-hybridized carbons (Fsp3) is 0.500. The molecule has 1 aromatic carbocycles. The van der Waals surface area contributed by atoms with E-state index in [4.69, 9.17) is 11.6 Å². The third-order valence-electron chi connectivity index (χ3n) is 2.39. The zero-order chi connectivity index (χ0) is 10.4. The number of nitrogens with one attached hydrogen (secondary N) is 1. The van der Waals surface area contributed by atoms with Crippen LogP contribution in [0.1, 0.15) is 19.4 Å². The average molecular weight is 212 g/mol. The van der Waals surface area contributed by atoms with Gasteiger partial charge in [-0.25, -0.2) is 0 Å². The Morgan fingerprint density at radius 1 is 1.21 bits per heavy atom. The highest BCUT2D eigenvalue weighted by molar-refractivity contribution is 6.18. The first-order chi connectivity index (χ1) is 6.67. The molecular weight excluding hydrogens is 194 g/mol. The van der Waals surface area contributed by atoms with Crippen LogP contribution in [0, 0.1) is 0 Å². The summed E-state index contributed by atoms with van der Waals surface area (Å²) in [4.78, 5) is 0. The topological polar surface area (TPSA) is 12.0 Å². The SMILES string of the molecule is CC(C)(CNCCCl)c1ccccc1. The van der Waals surface area contributed by atoms with E-state index in [1.165, 1.54) is 5.56 Å². The molecule has 1 nitrogen and oxygen atoms in total. The minimum Gasteiger partial charge on any atom is -0.315 e. The van der Waals surface area contributed by atoms with Gasteiger partial charge in [-0.05, 0) is 5.56 Å². The van der Waals surface area contributed by atoms with Crippen LogP contribution >= 0.6 is 11.6 Å². The molecule has 0 aliphatic carbocycles. The fourth-order valence-corrected chi connectivity index (χ4v) is 1.59. The maximum absolute atomic E-state index is 5.61. The first-order valence-electron chi connectivity index (χ1n) is 4.99. The summed E-state index contributed by atoms with van der Waals surface area (Å²) in [6.45, 7) is 6.31. The van der Waals surface area contributed by atoms with Crippen molar-refractivity contribution in [3.8, 4) is 0 Å². The van der Waals surface area contributed by atoms with Crippen LogP contribution in [0.15, 0.2) is 30.3 Å². The molecule has 0 aliphatic rings. The molecule has 78 valence electrons. The van der Waals surface area contributed by atoms with Crippen LogP contribution in [0.2, 0.25) is 0 Å². The van der Waals surface area contributed by atoms with E-state index in [-0.39, 0.29) is 5.41 Å². The number of hydrogen-bond acceptors (Lipinski definition) is 1. The van der Waals surface area contributed by atoms with Gasteiger partial charge < -0.3 is 5.32 Å². The van der Waals surface area contributed by atoms with E-state index in [1.54, 1.807) is 0 Å². The van der Waals surface area contributed by atoms with E-state index in [9.17, 15) is 0 Å². The van der Waals surface area contributed by atoms with E-state index < -0.39 is 0 Å². The molecule has 14 heavy (non-hydrogen) atoms. The maximum atomic E-state index is 5.61. The Morgan fingerprint density at radius 2 is 1.86 bits per heavy atom. The van der Waals surface area contributed by atoms with Crippen LogP contribution in [-0.4, -0.2) is 19.0 Å². The minimum atomic E-state index is 0.174. The van der Waals surface area contributed by atoms with Crippen LogP contribution < -0.4 is 5.32 Å². The van der Waals surface area contributed by atoms with Gasteiger partial charge in [0.2, 0.25) is 0 Å². The zero-order valence-electron chi connectivity index (χ0n) is 8.89. The first kappa shape index (κ1) is 11.5. The Kier molecular flexibility index (Phi) is 4.43. The summed E-state index contributed by atoms with van der Waals surface area (Å²) in [5.74, 6) is 0.671. The number of benzene rings is 1. The second kappa shape index (κ2) is 5.38. The predicted octanol–water partition coefficient (Wildman–Crippen LogP) is 2.79. The molecule has 0 spiro atoms. The Bertz CT molecular complexity index is 256. The first-order valence-corrected chi connectivity index (χ1v) is 5.52. The second-order valence-electron chi connectivity index (χ2n) is 4.12. The molecule has 0 unspecified atom stereocenters. The molecule has 1 rings (SSSR count). The van der Waals surface area contributed by atoms with Gasteiger partial charge in [0.25, 0.3) is 0 Å². The van der Waals surface area contributed by atoms with Crippen molar-refractivity contribution in [1.29, 1.82) is 0 Å². The average Bonchev–Trinajstić information content (AvgIpc) is 2.19. The van der Waals surface area contributed by atoms with Gasteiger partial charge >= 0.3 is 0 Å². The molecule has 0 atom stereocenters. The predicted molar refractivity (Wildman–Crippen MR) is 63.1 cm³/mol. The van der Waals surface area contributed by atoms with E-state index in [0.717, 1.165) is 13.1 Å². The van der Waals surface area contributed by atoms with Crippen LogP contribution in [-0.2, 0) is 5.41 Å². The van der Waals surface area contributed by atoms with Gasteiger partial charge in [0.1, 0.15) is 0 Å². The monoisotopic (exact) mass is 211 g/mol. The van der Waals surface area contributed by atoms with Crippen molar-refractivity contribution in [1.82, 2.24) is 5.32 Å². The van der Waals surface area contributed by atoms with Crippen molar-refractivity contribution >= 4 is 11.6 Å². The van der Waals surface area contributed by atoms with E-state index in [1.807, 2.05) is 6.07 Å². The van der Waals surface area contributed by atoms with Crippen molar-refractivity contribution in [2.75, 3.05) is 19.0 Å². The molecule has 1 N–H and O–H groups in total. The van der Waals surface area contributed by atoms with E-state index in [2.05, 4.69) is 43.4 Å². The summed E-state index contributed by atoms with van der Waals surface area (Å²) in [6, 6.07) is 10.5. The van der Waals surface area contributed by atoms with Crippen LogP contribution in [0.5, 0.6) is 0 Å². The molecule has 0 radical (unpaired) electrons. The number of rotatable bonds is 5. The summed E-state index contributed by atoms with van der Waals surface area (Å²) in [5, 5.41) is 3.34. The quantitative estimate of drug-likeness (QED) is 0.584. The van der Waals surface area contributed by atoms with Crippen LogP contribution in [0.3, 0.4) is 0 Å². The van der Waals surface area contributed by atoms with Crippen molar-refractivity contribution in [3.63, 3.8) is 0 Å². The van der Waals surface area contributed by atoms with E-state index >= 15 is 0 Å². The summed E-state index contributed by atoms with van der Waals surface area (Å²) in [5.41, 5.74) is 1.54. The molecular formula is C12H18ClN. The van der Waals surface area contributed by atoms with Gasteiger partial charge in [-0.1, -0.05) is 44.2 Å². The lowest BCUT2D eigenvalue weighted by molar-refractivity contribution is 0.478. The van der Waals surface area contributed by atoms with E-state index in [0.29, 0.717) is 5.88 Å². The standard InChI is InChI=1S/C12H18ClN/c1-12(2,10-14-9-8-13)11-6-4-3-5-7-11/h3-7,14H,8-10H2,1-2H3. The van der Waals surface area contributed by atoms with Gasteiger partial charge in [0, 0.05) is 24.4 Å². The van der Waals surface area contributed by atoms with Gasteiger partial charge in [0.05, 0.1) is 0 Å². The lowest BCUT2D eigenvalue weighted by atomic mass is 9.85. The third-order valence-corrected chi connectivity index (χ3v) is 2.58. The number of alkyl halides is 1. The lowest BCUT2D eigenvalue weighted by Gasteiger charge is -2.25. The Hall–Kier alpha value is -0.530. The molecule has 0 bridgehead atoms. The lowest BCUT2D eigenvalue weighted by Crippen LogP contribution is -2.33. The van der Waals surface area contributed by atoms with Crippen LogP contribution in [0.25, 0.3) is 0 Å². The third kappa shape index (κ3) is 3.32. The summed E-state index contributed by atoms with van der Waals surface area (Å²) >= 11 is 5.61. The molecule has 1 aromatic rings. The Morgan fingerprint density at radius 3 is 2.43 bits per heavy atom. The van der Waals surface area contributed by atoms with Crippen LogP contribution in [0.4, 0.5) is 0 Å². The normalized spacial score (nSPS) is 11.6. The Balaban J connectivity index is 2.56. The largest absolute Gasteiger partial charge is 0.315 e. The van der Waals surface area contributed by atoms with Gasteiger partial charge in [0.15, 0.2) is 0 Å². The number of hydrogen-bond donors (Lipinski definition) is 1. The molecule has 0 aliphatic heterocycles. The fourth-order valence-electron chi connectivity index (χ4n) is 1.46. The minimum absolute atomic E-state index is 0.174. The molecule has 0 aromatic heterocycles. The van der Waals surface area contributed by atoms with Gasteiger partial charge in [-0.15, -0.1) is 11.6 Å². The summed E-state index contributed by atoms with van der Waals surface area (Å²) in [6.07, 6.45) is 0. The zero-order valence-corrected chi connectivity index (χ0v) is 9.64. The van der Waals surface area contributed by atoms with Crippen molar-refractivity contribution in [3.05, 3.63) is 35.9 Å². The molecule has 0 heterocycles. The van der Waals surface area contributed by atoms with Crippen molar-refractivity contribution in [2.45, 2.75) is 19.3 Å². The highest BCUT2D eigenvalue weighted by Gasteiger charge is 2.18.